The molecule has 2 atom stereocenters. The van der Waals surface area contributed by atoms with Gasteiger partial charge in [0, 0.05) is 7.05 Å². The molecule has 0 aliphatic carbocycles. The third kappa shape index (κ3) is 3.05. The van der Waals surface area contributed by atoms with Crippen molar-refractivity contribution in [1.29, 1.82) is 0 Å². The summed E-state index contributed by atoms with van der Waals surface area (Å²) < 4.78 is 0. The Morgan fingerprint density at radius 1 is 1.29 bits per heavy atom. The van der Waals surface area contributed by atoms with Gasteiger partial charge in [0.1, 0.15) is 5.41 Å². The van der Waals surface area contributed by atoms with Crippen LogP contribution in [0.1, 0.15) is 40.0 Å². The van der Waals surface area contributed by atoms with Crippen LogP contribution in [0.5, 0.6) is 0 Å². The second-order valence-corrected chi connectivity index (χ2v) is 4.19. The lowest BCUT2D eigenvalue weighted by Gasteiger charge is -2.34. The van der Waals surface area contributed by atoms with Crippen LogP contribution in [-0.2, 0) is 14.4 Å². The summed E-state index contributed by atoms with van der Waals surface area (Å²) in [6, 6.07) is 0. The lowest BCUT2D eigenvalue weighted by Crippen LogP contribution is -2.53. The van der Waals surface area contributed by atoms with Crippen molar-refractivity contribution in [2.45, 2.75) is 40.0 Å². The number of imide groups is 1. The van der Waals surface area contributed by atoms with E-state index in [1.807, 2.05) is 13.8 Å². The molecular weight excluding hydrogens is 220 g/mol. The van der Waals surface area contributed by atoms with Crippen molar-refractivity contribution in [3.63, 3.8) is 0 Å². The van der Waals surface area contributed by atoms with E-state index in [0.717, 1.165) is 12.8 Å². The minimum Gasteiger partial charge on any atom is -0.358 e. The number of nitrogens with one attached hydrogen (secondary N) is 2. The molecule has 2 unspecified atom stereocenters. The quantitative estimate of drug-likeness (QED) is 0.513. The summed E-state index contributed by atoms with van der Waals surface area (Å²) in [5.74, 6) is -0.965. The first-order valence-electron chi connectivity index (χ1n) is 5.97. The highest BCUT2D eigenvalue weighted by molar-refractivity contribution is 6.07. The van der Waals surface area contributed by atoms with E-state index in [1.54, 1.807) is 6.92 Å². The van der Waals surface area contributed by atoms with Crippen molar-refractivity contribution in [3.8, 4) is 0 Å². The zero-order valence-electron chi connectivity index (χ0n) is 11.0. The van der Waals surface area contributed by atoms with Gasteiger partial charge in [0.2, 0.25) is 18.2 Å². The number of hydrogen-bond donors (Lipinski definition) is 2. The zero-order valence-corrected chi connectivity index (χ0v) is 11.0. The molecule has 98 valence electrons. The van der Waals surface area contributed by atoms with E-state index in [-0.39, 0.29) is 11.8 Å². The molecule has 5 heteroatoms. The van der Waals surface area contributed by atoms with E-state index in [9.17, 15) is 14.4 Å². The molecule has 0 saturated carbocycles. The van der Waals surface area contributed by atoms with Gasteiger partial charge in [-0.3, -0.25) is 19.7 Å². The molecule has 0 rings (SSSR count). The summed E-state index contributed by atoms with van der Waals surface area (Å²) in [6.45, 7) is 5.65. The van der Waals surface area contributed by atoms with E-state index in [1.165, 1.54) is 7.05 Å². The molecule has 5 nitrogen and oxygen atoms in total. The van der Waals surface area contributed by atoms with Gasteiger partial charge in [-0.2, -0.15) is 0 Å². The maximum Gasteiger partial charge on any atom is 0.242 e. The monoisotopic (exact) mass is 242 g/mol. The van der Waals surface area contributed by atoms with E-state index >= 15 is 0 Å². The molecule has 0 bridgehead atoms. The number of carbonyl (C=O) groups excluding carboxylic acids is 3. The van der Waals surface area contributed by atoms with Crippen LogP contribution in [-0.4, -0.2) is 25.3 Å². The second kappa shape index (κ2) is 7.04. The molecule has 0 aromatic carbocycles. The summed E-state index contributed by atoms with van der Waals surface area (Å²) >= 11 is 0. The Morgan fingerprint density at radius 2 is 1.88 bits per heavy atom. The maximum atomic E-state index is 12.0. The normalized spacial score (nSPS) is 15.5. The Hall–Kier alpha value is -1.39. The van der Waals surface area contributed by atoms with Crippen LogP contribution in [0.2, 0.25) is 0 Å². The third-order valence-electron chi connectivity index (χ3n) is 3.35. The molecule has 0 heterocycles. The van der Waals surface area contributed by atoms with Gasteiger partial charge in [-0.25, -0.2) is 0 Å². The summed E-state index contributed by atoms with van der Waals surface area (Å²) in [6.07, 6.45) is 2.34. The van der Waals surface area contributed by atoms with Gasteiger partial charge < -0.3 is 5.32 Å². The number of rotatable bonds is 7. The fourth-order valence-electron chi connectivity index (χ4n) is 2.31. The van der Waals surface area contributed by atoms with Crippen molar-refractivity contribution >= 4 is 18.2 Å². The first-order valence-corrected chi connectivity index (χ1v) is 5.97. The Labute approximate surface area is 102 Å². The molecule has 0 aliphatic rings. The molecule has 17 heavy (non-hydrogen) atoms. The van der Waals surface area contributed by atoms with Crippen molar-refractivity contribution < 1.29 is 14.4 Å². The number of carbonyl (C=O) groups is 3. The molecule has 0 fully saturated rings. The van der Waals surface area contributed by atoms with Crippen LogP contribution < -0.4 is 10.6 Å². The standard InChI is InChI=1S/C12H22N2O3/c1-5-7-9(3)12(6-2,10(16)13-4)11(17)14-8-15/h8-9H,5-7H2,1-4H3,(H,13,16)(H,14,15,17). The molecule has 0 aromatic heterocycles. The summed E-state index contributed by atoms with van der Waals surface area (Å²) in [7, 11) is 1.50. The summed E-state index contributed by atoms with van der Waals surface area (Å²) in [5.41, 5.74) is -1.16. The van der Waals surface area contributed by atoms with Crippen LogP contribution in [0, 0.1) is 11.3 Å². The van der Waals surface area contributed by atoms with E-state index in [4.69, 9.17) is 0 Å². The van der Waals surface area contributed by atoms with Gasteiger partial charge in [0.25, 0.3) is 0 Å². The third-order valence-corrected chi connectivity index (χ3v) is 3.35. The molecule has 0 spiro atoms. The summed E-state index contributed by atoms with van der Waals surface area (Å²) in [4.78, 5) is 34.4. The van der Waals surface area contributed by atoms with Crippen molar-refractivity contribution in [2.24, 2.45) is 11.3 Å². The smallest absolute Gasteiger partial charge is 0.242 e. The second-order valence-electron chi connectivity index (χ2n) is 4.19. The topological polar surface area (TPSA) is 75.3 Å². The molecule has 0 aliphatic heterocycles. The SMILES string of the molecule is CCCC(C)C(CC)(C(=O)NC)C(=O)NC=O. The van der Waals surface area contributed by atoms with Gasteiger partial charge in [-0.1, -0.05) is 27.2 Å². The Bertz CT molecular complexity index is 291. The van der Waals surface area contributed by atoms with E-state index < -0.39 is 11.3 Å². The molecule has 0 radical (unpaired) electrons. The van der Waals surface area contributed by atoms with Crippen LogP contribution in [0.4, 0.5) is 0 Å². The van der Waals surface area contributed by atoms with Gasteiger partial charge >= 0.3 is 0 Å². The highest BCUT2D eigenvalue weighted by atomic mass is 16.2. The molecule has 2 N–H and O–H groups in total. The van der Waals surface area contributed by atoms with Crippen molar-refractivity contribution in [2.75, 3.05) is 7.05 Å². The summed E-state index contributed by atoms with van der Waals surface area (Å²) in [5, 5.41) is 4.63. The van der Waals surface area contributed by atoms with Gasteiger partial charge in [0.05, 0.1) is 0 Å². The Balaban J connectivity index is 5.34. The predicted molar refractivity (Wildman–Crippen MR) is 65.1 cm³/mol. The minimum absolute atomic E-state index is 0.114. The van der Waals surface area contributed by atoms with Gasteiger partial charge in [-0.15, -0.1) is 0 Å². The average Bonchev–Trinajstić information content (AvgIpc) is 2.31. The van der Waals surface area contributed by atoms with Crippen LogP contribution >= 0.6 is 0 Å². The maximum absolute atomic E-state index is 12.0. The fraction of sp³-hybridized carbons (Fsp3) is 0.750. The highest BCUT2D eigenvalue weighted by Crippen LogP contribution is 2.35. The first kappa shape index (κ1) is 15.6. The average molecular weight is 242 g/mol. The highest BCUT2D eigenvalue weighted by Gasteiger charge is 2.47. The van der Waals surface area contributed by atoms with E-state index in [0.29, 0.717) is 12.8 Å². The van der Waals surface area contributed by atoms with Crippen LogP contribution in [0.15, 0.2) is 0 Å². The van der Waals surface area contributed by atoms with Gasteiger partial charge in [-0.05, 0) is 18.8 Å². The minimum atomic E-state index is -1.16. The number of amides is 3. The van der Waals surface area contributed by atoms with E-state index in [2.05, 4.69) is 10.6 Å². The first-order chi connectivity index (χ1) is 8.00. The van der Waals surface area contributed by atoms with Gasteiger partial charge in [0.15, 0.2) is 0 Å². The molecule has 3 amide bonds. The lowest BCUT2D eigenvalue weighted by molar-refractivity contribution is -0.148. The van der Waals surface area contributed by atoms with Crippen LogP contribution in [0.25, 0.3) is 0 Å². The van der Waals surface area contributed by atoms with Crippen molar-refractivity contribution in [3.05, 3.63) is 0 Å². The molecular formula is C12H22N2O3. The Morgan fingerprint density at radius 3 is 2.24 bits per heavy atom. The molecule has 0 aromatic rings. The van der Waals surface area contributed by atoms with Crippen LogP contribution in [0.3, 0.4) is 0 Å². The molecule has 0 saturated heterocycles. The lowest BCUT2D eigenvalue weighted by atomic mass is 9.70. The zero-order chi connectivity index (χ0) is 13.5. The number of hydrogen-bond acceptors (Lipinski definition) is 3. The Kier molecular flexibility index (Phi) is 6.46. The fourth-order valence-corrected chi connectivity index (χ4v) is 2.31. The van der Waals surface area contributed by atoms with Crippen molar-refractivity contribution in [1.82, 2.24) is 10.6 Å². The predicted octanol–water partition coefficient (Wildman–Crippen LogP) is 0.838. The largest absolute Gasteiger partial charge is 0.358 e.